The van der Waals surface area contributed by atoms with Gasteiger partial charge >= 0.3 is 11.9 Å². The third kappa shape index (κ3) is 15.7. The molecule has 1 aliphatic rings. The molecule has 0 aromatic rings. The highest BCUT2D eigenvalue weighted by Crippen LogP contribution is 2.23. The highest BCUT2D eigenvalue weighted by molar-refractivity contribution is 8.76. The van der Waals surface area contributed by atoms with E-state index in [9.17, 15) is 63.6 Å². The molecule has 8 atom stereocenters. The lowest BCUT2D eigenvalue weighted by atomic mass is 9.97. The third-order valence-electron chi connectivity index (χ3n) is 7.53. The number of carbonyl (C=O) groups is 9. The molecule has 0 bridgehead atoms. The number of aliphatic carboxylic acids is 2. The van der Waals surface area contributed by atoms with Crippen LogP contribution in [0.4, 0.5) is 0 Å². The van der Waals surface area contributed by atoms with E-state index in [4.69, 9.17) is 11.5 Å². The fraction of sp³-hybridized carbons (Fsp3) is 0.679. The molecule has 1 fully saturated rings. The van der Waals surface area contributed by atoms with Gasteiger partial charge in [-0.25, -0.2) is 4.79 Å². The summed E-state index contributed by atoms with van der Waals surface area (Å²) in [6.07, 6.45) is -1.77. The van der Waals surface area contributed by atoms with E-state index in [1.807, 2.05) is 0 Å². The second kappa shape index (κ2) is 22.6. The summed E-state index contributed by atoms with van der Waals surface area (Å²) in [7, 11) is 1.85. The van der Waals surface area contributed by atoms with Crippen LogP contribution >= 0.6 is 21.6 Å². The molecule has 14 N–H and O–H groups in total. The van der Waals surface area contributed by atoms with E-state index in [1.54, 1.807) is 13.8 Å². The van der Waals surface area contributed by atoms with Crippen LogP contribution in [0.1, 0.15) is 46.0 Å². The van der Waals surface area contributed by atoms with Gasteiger partial charge in [0.1, 0.15) is 36.3 Å². The molecule has 51 heavy (non-hydrogen) atoms. The zero-order valence-electron chi connectivity index (χ0n) is 27.9. The van der Waals surface area contributed by atoms with Crippen molar-refractivity contribution in [3.8, 4) is 0 Å². The molecule has 21 nitrogen and oxygen atoms in total. The maximum Gasteiger partial charge on any atom is 0.327 e. The van der Waals surface area contributed by atoms with Crippen LogP contribution in [0.3, 0.4) is 0 Å². The maximum absolute atomic E-state index is 13.5. The van der Waals surface area contributed by atoms with Gasteiger partial charge in [0.25, 0.3) is 0 Å². The number of aliphatic hydroxyl groups is 2. The molecule has 0 saturated carbocycles. The molecule has 7 amide bonds. The number of nitrogens with one attached hydrogen (secondary N) is 6. The van der Waals surface area contributed by atoms with Crippen molar-refractivity contribution >= 4 is 74.9 Å². The number of carboxylic acid groups (broad SMARTS) is 2. The predicted molar refractivity (Wildman–Crippen MR) is 181 cm³/mol. The van der Waals surface area contributed by atoms with E-state index in [0.29, 0.717) is 6.42 Å². The van der Waals surface area contributed by atoms with E-state index in [1.165, 1.54) is 0 Å². The van der Waals surface area contributed by atoms with Crippen molar-refractivity contribution in [3.05, 3.63) is 0 Å². The number of hydrogen-bond acceptors (Lipinski definition) is 14. The van der Waals surface area contributed by atoms with Crippen molar-refractivity contribution < 1.29 is 63.6 Å². The highest BCUT2D eigenvalue weighted by Gasteiger charge is 2.35. The first-order valence-corrected chi connectivity index (χ1v) is 18.2. The second-order valence-electron chi connectivity index (χ2n) is 11.5. The topological polar surface area (TPSA) is 359 Å². The first-order chi connectivity index (χ1) is 23.9. The summed E-state index contributed by atoms with van der Waals surface area (Å²) in [5, 5.41) is 52.2. The van der Waals surface area contributed by atoms with Crippen LogP contribution < -0.4 is 43.4 Å². The molecule has 1 heterocycles. The van der Waals surface area contributed by atoms with Crippen molar-refractivity contribution in [1.29, 1.82) is 0 Å². The van der Waals surface area contributed by atoms with Crippen LogP contribution in [-0.2, 0) is 43.2 Å². The fourth-order valence-corrected chi connectivity index (χ4v) is 6.56. The molecule has 288 valence electrons. The number of carbonyl (C=O) groups excluding carboxylic acids is 7. The molecule has 0 aromatic carbocycles. The van der Waals surface area contributed by atoms with Crippen molar-refractivity contribution in [2.24, 2.45) is 17.4 Å². The van der Waals surface area contributed by atoms with Gasteiger partial charge in [0, 0.05) is 24.3 Å². The van der Waals surface area contributed by atoms with Crippen LogP contribution in [0.15, 0.2) is 0 Å². The minimum atomic E-state index is -1.74. The summed E-state index contributed by atoms with van der Waals surface area (Å²) in [6, 6.07) is -10.8. The predicted octanol–water partition coefficient (Wildman–Crippen LogP) is -5.14. The van der Waals surface area contributed by atoms with Crippen molar-refractivity contribution in [2.45, 2.75) is 88.2 Å². The summed E-state index contributed by atoms with van der Waals surface area (Å²) in [6.45, 7) is 1.33. The second-order valence-corrected chi connectivity index (χ2v) is 14.0. The van der Waals surface area contributed by atoms with Gasteiger partial charge < -0.3 is 63.8 Å². The van der Waals surface area contributed by atoms with E-state index in [2.05, 4.69) is 31.9 Å². The average Bonchev–Trinajstić information content (AvgIpc) is 3.07. The van der Waals surface area contributed by atoms with Gasteiger partial charge in [0.15, 0.2) is 0 Å². The lowest BCUT2D eigenvalue weighted by Gasteiger charge is -2.29. The summed E-state index contributed by atoms with van der Waals surface area (Å²) in [4.78, 5) is 114. The normalized spacial score (nSPS) is 27.4. The van der Waals surface area contributed by atoms with Gasteiger partial charge in [-0.3, -0.25) is 38.4 Å². The zero-order chi connectivity index (χ0) is 38.8. The Labute approximate surface area is 300 Å². The highest BCUT2D eigenvalue weighted by atomic mass is 33.1. The number of primary amides is 1. The van der Waals surface area contributed by atoms with Gasteiger partial charge in [0.2, 0.25) is 41.4 Å². The lowest BCUT2D eigenvalue weighted by Crippen LogP contribution is -2.61. The first kappa shape index (κ1) is 44.8. The van der Waals surface area contributed by atoms with Crippen molar-refractivity contribution in [2.75, 3.05) is 24.7 Å². The van der Waals surface area contributed by atoms with Crippen LogP contribution in [0, 0.1) is 5.92 Å². The average molecular weight is 767 g/mol. The Kier molecular flexibility index (Phi) is 19.9. The van der Waals surface area contributed by atoms with E-state index < -0.39 is 140 Å². The van der Waals surface area contributed by atoms with Gasteiger partial charge in [0.05, 0.1) is 19.3 Å². The molecule has 8 unspecified atom stereocenters. The van der Waals surface area contributed by atoms with Crippen LogP contribution in [0.2, 0.25) is 0 Å². The molecule has 0 radical (unpaired) electrons. The Morgan fingerprint density at radius 2 is 1.16 bits per heavy atom. The zero-order valence-corrected chi connectivity index (χ0v) is 29.6. The SMILES string of the molecule is CCC(C)C1NC(=O)C(CO)NC(=O)C(N)CSSCC(C(=O)O)NC(=O)C(CO)NC(=O)C(CCC(N)=O)NC(=O)C(CCC(=O)O)NC1=O. The third-order valence-corrected chi connectivity index (χ3v) is 9.98. The van der Waals surface area contributed by atoms with Gasteiger partial charge in [-0.05, 0) is 18.8 Å². The molecule has 1 rings (SSSR count). The summed E-state index contributed by atoms with van der Waals surface area (Å²) in [5.41, 5.74) is 11.1. The van der Waals surface area contributed by atoms with Crippen LogP contribution in [0.5, 0.6) is 0 Å². The smallest absolute Gasteiger partial charge is 0.327 e. The quantitative estimate of drug-likeness (QED) is 0.0875. The molecule has 0 aromatic heterocycles. The van der Waals surface area contributed by atoms with Crippen molar-refractivity contribution in [1.82, 2.24) is 31.9 Å². The Balaban J connectivity index is 3.61. The molecule has 0 spiro atoms. The number of nitrogens with two attached hydrogens (primary N) is 2. The number of hydrogen-bond donors (Lipinski definition) is 12. The van der Waals surface area contributed by atoms with Crippen molar-refractivity contribution in [3.63, 3.8) is 0 Å². The fourth-order valence-electron chi connectivity index (χ4n) is 4.28. The summed E-state index contributed by atoms with van der Waals surface area (Å²) in [5.74, 6) is -10.9. The number of carboxylic acids is 2. The lowest BCUT2D eigenvalue weighted by molar-refractivity contribution is -0.142. The number of aliphatic hydroxyl groups excluding tert-OH is 2. The van der Waals surface area contributed by atoms with Gasteiger partial charge in [-0.15, -0.1) is 0 Å². The van der Waals surface area contributed by atoms with Crippen LogP contribution in [0.25, 0.3) is 0 Å². The monoisotopic (exact) mass is 766 g/mol. The minimum absolute atomic E-state index is 0.116. The van der Waals surface area contributed by atoms with E-state index in [0.717, 1.165) is 21.6 Å². The number of amides is 7. The molecule has 1 aliphatic heterocycles. The van der Waals surface area contributed by atoms with E-state index >= 15 is 0 Å². The van der Waals surface area contributed by atoms with Gasteiger partial charge in [-0.2, -0.15) is 0 Å². The summed E-state index contributed by atoms with van der Waals surface area (Å²) >= 11 is 0. The standard InChI is InChI=1S/C28H46N8O13S2/c1-3-12(2)21-27(47)32-15(5-7-20(40)41)23(43)31-14(4-6-19(30)39)24(44)34-16(8-37)25(45)35-18(28(48)49)11-51-50-10-13(29)22(42)33-17(9-38)26(46)36-21/h12-18,21,37-38H,3-11,29H2,1-2H3,(H2,30,39)(H,31,43)(H,32,47)(H,33,42)(H,34,44)(H,35,45)(H,36,46)(H,40,41)(H,48,49). The molecule has 1 saturated heterocycles. The van der Waals surface area contributed by atoms with Gasteiger partial charge in [-0.1, -0.05) is 41.9 Å². The molecule has 23 heteroatoms. The minimum Gasteiger partial charge on any atom is -0.481 e. The first-order valence-electron chi connectivity index (χ1n) is 15.7. The number of rotatable bonds is 11. The maximum atomic E-state index is 13.5. The Bertz CT molecular complexity index is 1290. The Morgan fingerprint density at radius 3 is 1.65 bits per heavy atom. The van der Waals surface area contributed by atoms with E-state index in [-0.39, 0.29) is 11.5 Å². The van der Waals surface area contributed by atoms with Crippen LogP contribution in [-0.4, -0.2) is 141 Å². The Morgan fingerprint density at radius 1 is 0.706 bits per heavy atom. The molecule has 0 aliphatic carbocycles. The molecular weight excluding hydrogens is 720 g/mol. The molecular formula is C28H46N8O13S2. The Hall–Kier alpha value is -4.19. The largest absolute Gasteiger partial charge is 0.481 e. The summed E-state index contributed by atoms with van der Waals surface area (Å²) < 4.78 is 0.